The number of carbonyl (C=O) groups excluding carboxylic acids is 2. The number of rotatable bonds is 5. The smallest absolute Gasteiger partial charge is 0.166 e. The first-order valence-electron chi connectivity index (χ1n) is 8.29. The molecule has 3 heteroatoms. The monoisotopic (exact) mass is 322 g/mol. The van der Waals surface area contributed by atoms with Gasteiger partial charge >= 0.3 is 0 Å². The van der Waals surface area contributed by atoms with Gasteiger partial charge in [0, 0.05) is 31.3 Å². The van der Waals surface area contributed by atoms with Crippen LogP contribution in [0.25, 0.3) is 0 Å². The summed E-state index contributed by atoms with van der Waals surface area (Å²) < 4.78 is 5.59. The summed E-state index contributed by atoms with van der Waals surface area (Å²) in [6.45, 7) is 1.55. The van der Waals surface area contributed by atoms with Gasteiger partial charge in [-0.05, 0) is 18.1 Å². The molecule has 0 radical (unpaired) electrons. The van der Waals surface area contributed by atoms with Crippen LogP contribution >= 0.6 is 0 Å². The minimum Gasteiger partial charge on any atom is -0.373 e. The van der Waals surface area contributed by atoms with Crippen LogP contribution in [0.1, 0.15) is 36.3 Å². The summed E-state index contributed by atoms with van der Waals surface area (Å²) in [6, 6.07) is 20.0. The predicted molar refractivity (Wildman–Crippen MR) is 93.0 cm³/mol. The van der Waals surface area contributed by atoms with Crippen molar-refractivity contribution >= 4 is 11.6 Å². The number of ether oxygens (including phenoxy) is 1. The molecule has 24 heavy (non-hydrogen) atoms. The molecule has 0 aromatic heterocycles. The fraction of sp³-hybridized carbons (Fsp3) is 0.333. The molecule has 3 rings (SSSR count). The summed E-state index contributed by atoms with van der Waals surface area (Å²) >= 11 is 0. The maximum Gasteiger partial charge on any atom is 0.166 e. The molecule has 0 N–H and O–H groups in total. The summed E-state index contributed by atoms with van der Waals surface area (Å²) in [7, 11) is 1.58. The molecule has 1 fully saturated rings. The quantitative estimate of drug-likeness (QED) is 0.842. The van der Waals surface area contributed by atoms with Crippen LogP contribution in [0.15, 0.2) is 60.7 Å². The number of Topliss-reactive ketones (excluding diaryl/α,β-unsaturated/α-hetero) is 2. The lowest BCUT2D eigenvalue weighted by Crippen LogP contribution is -2.25. The maximum atomic E-state index is 13.0. The van der Waals surface area contributed by atoms with Crippen LogP contribution in [0.2, 0.25) is 0 Å². The van der Waals surface area contributed by atoms with Crippen LogP contribution in [0.4, 0.5) is 0 Å². The Morgan fingerprint density at radius 3 is 1.88 bits per heavy atom. The van der Waals surface area contributed by atoms with Crippen LogP contribution < -0.4 is 0 Å². The van der Waals surface area contributed by atoms with Crippen LogP contribution in [0.3, 0.4) is 0 Å². The van der Waals surface area contributed by atoms with E-state index in [1.54, 1.807) is 14.0 Å². The molecular weight excluding hydrogens is 300 g/mol. The third-order valence-electron chi connectivity index (χ3n) is 4.92. The Hall–Kier alpha value is -2.26. The van der Waals surface area contributed by atoms with E-state index < -0.39 is 6.10 Å². The van der Waals surface area contributed by atoms with Gasteiger partial charge in [0.05, 0.1) is 0 Å². The van der Waals surface area contributed by atoms with E-state index in [4.69, 9.17) is 4.74 Å². The summed E-state index contributed by atoms with van der Waals surface area (Å²) in [5, 5.41) is 0. The molecule has 124 valence electrons. The molecule has 4 unspecified atom stereocenters. The van der Waals surface area contributed by atoms with Crippen molar-refractivity contribution in [1.82, 2.24) is 0 Å². The number of benzene rings is 2. The second kappa shape index (κ2) is 7.10. The van der Waals surface area contributed by atoms with E-state index in [2.05, 4.69) is 0 Å². The summed E-state index contributed by atoms with van der Waals surface area (Å²) in [5.74, 6) is -0.376. The van der Waals surface area contributed by atoms with Crippen molar-refractivity contribution in [3.63, 3.8) is 0 Å². The largest absolute Gasteiger partial charge is 0.373 e. The van der Waals surface area contributed by atoms with E-state index in [1.807, 2.05) is 60.7 Å². The van der Waals surface area contributed by atoms with Gasteiger partial charge in [-0.25, -0.2) is 0 Å². The minimum atomic E-state index is -0.512. The van der Waals surface area contributed by atoms with Gasteiger partial charge in [-0.15, -0.1) is 0 Å². The molecule has 0 saturated heterocycles. The van der Waals surface area contributed by atoms with E-state index in [-0.39, 0.29) is 35.7 Å². The number of ketones is 2. The van der Waals surface area contributed by atoms with Crippen molar-refractivity contribution in [3.8, 4) is 0 Å². The first kappa shape index (κ1) is 16.6. The van der Waals surface area contributed by atoms with Crippen LogP contribution in [-0.2, 0) is 14.3 Å². The van der Waals surface area contributed by atoms with Gasteiger partial charge < -0.3 is 9.53 Å². The molecule has 0 spiro atoms. The van der Waals surface area contributed by atoms with Gasteiger partial charge in [0.25, 0.3) is 0 Å². The maximum absolute atomic E-state index is 13.0. The van der Waals surface area contributed by atoms with Crippen molar-refractivity contribution in [1.29, 1.82) is 0 Å². The normalized spacial score (nSPS) is 26.5. The van der Waals surface area contributed by atoms with E-state index >= 15 is 0 Å². The van der Waals surface area contributed by atoms with Crippen LogP contribution in [-0.4, -0.2) is 24.8 Å². The predicted octanol–water partition coefficient (Wildman–Crippen LogP) is 3.75. The molecule has 0 heterocycles. The lowest BCUT2D eigenvalue weighted by Gasteiger charge is -2.26. The number of methoxy groups -OCH3 is 1. The molecule has 1 saturated carbocycles. The van der Waals surface area contributed by atoms with Crippen molar-refractivity contribution in [2.24, 2.45) is 5.92 Å². The van der Waals surface area contributed by atoms with E-state index in [0.29, 0.717) is 0 Å². The van der Waals surface area contributed by atoms with Crippen molar-refractivity contribution in [2.45, 2.75) is 31.3 Å². The number of carbonyl (C=O) groups is 2. The molecule has 2 aromatic carbocycles. The second-order valence-corrected chi connectivity index (χ2v) is 6.44. The highest BCUT2D eigenvalue weighted by Gasteiger charge is 2.51. The highest BCUT2D eigenvalue weighted by atomic mass is 16.5. The standard InChI is InChI=1S/C21H22O3/c1-14(22)13-17-18(15-9-5-3-6-10-15)19(21(24-2)20(17)23)16-11-7-4-8-12-16/h3-12,17-19,21H,13H2,1-2H3. The zero-order chi connectivity index (χ0) is 17.1. The first-order valence-corrected chi connectivity index (χ1v) is 8.29. The molecule has 3 nitrogen and oxygen atoms in total. The molecule has 1 aliphatic carbocycles. The highest BCUT2D eigenvalue weighted by Crippen LogP contribution is 2.50. The minimum absolute atomic E-state index is 0.0374. The molecule has 4 atom stereocenters. The summed E-state index contributed by atoms with van der Waals surface area (Å²) in [4.78, 5) is 24.7. The lowest BCUT2D eigenvalue weighted by atomic mass is 9.78. The molecule has 2 aromatic rings. The average molecular weight is 322 g/mol. The second-order valence-electron chi connectivity index (χ2n) is 6.44. The first-order chi connectivity index (χ1) is 11.6. The van der Waals surface area contributed by atoms with E-state index in [0.717, 1.165) is 11.1 Å². The molecular formula is C21H22O3. The van der Waals surface area contributed by atoms with Gasteiger partial charge in [-0.2, -0.15) is 0 Å². The lowest BCUT2D eigenvalue weighted by molar-refractivity contribution is -0.131. The summed E-state index contributed by atoms with van der Waals surface area (Å²) in [6.07, 6.45) is -0.247. The van der Waals surface area contributed by atoms with E-state index in [1.165, 1.54) is 0 Å². The molecule has 1 aliphatic rings. The SMILES string of the molecule is COC1C(=O)C(CC(C)=O)C(c2ccccc2)C1c1ccccc1. The zero-order valence-electron chi connectivity index (χ0n) is 14.0. The number of hydrogen-bond donors (Lipinski definition) is 0. The Morgan fingerprint density at radius 2 is 1.42 bits per heavy atom. The Kier molecular flexibility index (Phi) is 4.91. The van der Waals surface area contributed by atoms with Gasteiger partial charge in [0.1, 0.15) is 11.9 Å². The van der Waals surface area contributed by atoms with Crippen molar-refractivity contribution in [3.05, 3.63) is 71.8 Å². The molecule has 0 aliphatic heterocycles. The fourth-order valence-electron chi connectivity index (χ4n) is 3.98. The van der Waals surface area contributed by atoms with Gasteiger partial charge in [-0.1, -0.05) is 60.7 Å². The summed E-state index contributed by atoms with van der Waals surface area (Å²) in [5.41, 5.74) is 2.17. The van der Waals surface area contributed by atoms with Gasteiger partial charge in [-0.3, -0.25) is 4.79 Å². The van der Waals surface area contributed by atoms with Gasteiger partial charge in [0.15, 0.2) is 5.78 Å². The van der Waals surface area contributed by atoms with Crippen molar-refractivity contribution in [2.75, 3.05) is 7.11 Å². The Morgan fingerprint density at radius 1 is 0.917 bits per heavy atom. The number of hydrogen-bond acceptors (Lipinski definition) is 3. The highest BCUT2D eigenvalue weighted by molar-refractivity contribution is 5.94. The van der Waals surface area contributed by atoms with E-state index in [9.17, 15) is 9.59 Å². The third kappa shape index (κ3) is 3.04. The molecule has 0 amide bonds. The van der Waals surface area contributed by atoms with Crippen molar-refractivity contribution < 1.29 is 14.3 Å². The average Bonchev–Trinajstić information content (AvgIpc) is 2.88. The fourth-order valence-corrected chi connectivity index (χ4v) is 3.98. The topological polar surface area (TPSA) is 43.4 Å². The zero-order valence-corrected chi connectivity index (χ0v) is 14.0. The Labute approximate surface area is 142 Å². The van der Waals surface area contributed by atoms with Crippen LogP contribution in [0, 0.1) is 5.92 Å². The Bertz CT molecular complexity index is 708. The van der Waals surface area contributed by atoms with Crippen LogP contribution in [0.5, 0.6) is 0 Å². The Balaban J connectivity index is 2.11. The van der Waals surface area contributed by atoms with Gasteiger partial charge in [0.2, 0.25) is 0 Å². The third-order valence-corrected chi connectivity index (χ3v) is 4.92. The molecule has 0 bridgehead atoms.